The maximum absolute atomic E-state index is 5.35. The molecule has 0 fully saturated rings. The minimum Gasteiger partial charge on any atom is -0.469 e. The minimum atomic E-state index is 0. The van der Waals surface area contributed by atoms with Gasteiger partial charge in [0, 0.05) is 38.3 Å². The van der Waals surface area contributed by atoms with Gasteiger partial charge in [-0.05, 0) is 44.9 Å². The summed E-state index contributed by atoms with van der Waals surface area (Å²) in [6.07, 6.45) is 5.19. The molecule has 1 atom stereocenters. The first-order valence-electron chi connectivity index (χ1n) is 8.68. The molecule has 1 unspecified atom stereocenters. The second-order valence-electron chi connectivity index (χ2n) is 6.25. The summed E-state index contributed by atoms with van der Waals surface area (Å²) in [4.78, 5) is 4.63. The lowest BCUT2D eigenvalue weighted by molar-refractivity contribution is 0.510. The van der Waals surface area contributed by atoms with Crippen molar-refractivity contribution in [3.05, 3.63) is 53.8 Å². The van der Waals surface area contributed by atoms with Crippen LogP contribution in [-0.2, 0) is 19.9 Å². The number of nitrogens with one attached hydrogen (secondary N) is 2. The maximum atomic E-state index is 5.35. The summed E-state index contributed by atoms with van der Waals surface area (Å²) in [5, 5.41) is 11.2. The summed E-state index contributed by atoms with van der Waals surface area (Å²) in [6.45, 7) is 11.4. The van der Waals surface area contributed by atoms with Crippen molar-refractivity contribution in [1.29, 1.82) is 0 Å². The van der Waals surface area contributed by atoms with E-state index in [9.17, 15) is 0 Å². The number of rotatable bonds is 8. The third kappa shape index (κ3) is 6.51. The molecular weight excluding hydrogens is 441 g/mol. The highest BCUT2D eigenvalue weighted by molar-refractivity contribution is 14.0. The van der Waals surface area contributed by atoms with E-state index in [0.29, 0.717) is 13.1 Å². The molecule has 0 aromatic carbocycles. The molecule has 0 aliphatic rings. The standard InChI is InChI=1S/C19H29N5O.HI/c1-6-10-20-19(21-11-9-17-8-7-12-25-17)22-14(2)13-18-15(3)23-24(5)16(18)4;/h6-8,12,14H,1,9-11,13H2,2-5H3,(H2,20,21,22);1H. The highest BCUT2D eigenvalue weighted by Gasteiger charge is 2.14. The summed E-state index contributed by atoms with van der Waals surface area (Å²) in [6, 6.07) is 4.10. The van der Waals surface area contributed by atoms with Gasteiger partial charge in [-0.25, -0.2) is 0 Å². The third-order valence-corrected chi connectivity index (χ3v) is 4.17. The Morgan fingerprint density at radius 1 is 1.46 bits per heavy atom. The minimum absolute atomic E-state index is 0. The van der Waals surface area contributed by atoms with Crippen LogP contribution >= 0.6 is 24.0 Å². The summed E-state index contributed by atoms with van der Waals surface area (Å²) >= 11 is 0. The van der Waals surface area contributed by atoms with Crippen LogP contribution in [0.25, 0.3) is 0 Å². The number of aliphatic imine (C=N–C) groups is 1. The van der Waals surface area contributed by atoms with Crippen LogP contribution in [0.1, 0.15) is 29.6 Å². The topological polar surface area (TPSA) is 67.4 Å². The number of hydrogen-bond acceptors (Lipinski definition) is 3. The van der Waals surface area contributed by atoms with Gasteiger partial charge in [-0.1, -0.05) is 6.08 Å². The molecule has 0 saturated heterocycles. The van der Waals surface area contributed by atoms with Crippen LogP contribution in [0, 0.1) is 13.8 Å². The van der Waals surface area contributed by atoms with Crippen LogP contribution in [0.4, 0.5) is 0 Å². The summed E-state index contributed by atoms with van der Waals surface area (Å²) in [5.41, 5.74) is 3.59. The molecule has 2 aromatic heterocycles. The van der Waals surface area contributed by atoms with E-state index in [1.54, 1.807) is 6.26 Å². The first-order valence-corrected chi connectivity index (χ1v) is 8.68. The molecule has 7 heteroatoms. The van der Waals surface area contributed by atoms with E-state index in [4.69, 9.17) is 4.42 Å². The molecular formula is C19H30IN5O. The maximum Gasteiger partial charge on any atom is 0.191 e. The van der Waals surface area contributed by atoms with Crippen molar-refractivity contribution in [1.82, 2.24) is 20.4 Å². The Balaban J connectivity index is 0.00000338. The van der Waals surface area contributed by atoms with Crippen molar-refractivity contribution in [3.8, 4) is 0 Å². The van der Waals surface area contributed by atoms with Gasteiger partial charge in [0.2, 0.25) is 0 Å². The fraction of sp³-hybridized carbons (Fsp3) is 0.474. The van der Waals surface area contributed by atoms with Gasteiger partial charge < -0.3 is 15.1 Å². The molecule has 144 valence electrons. The molecule has 0 amide bonds. The van der Waals surface area contributed by atoms with E-state index in [1.165, 1.54) is 11.3 Å². The Kier molecular flexibility index (Phi) is 9.47. The van der Waals surface area contributed by atoms with Crippen LogP contribution < -0.4 is 10.6 Å². The Hall–Kier alpha value is -1.77. The monoisotopic (exact) mass is 471 g/mol. The van der Waals surface area contributed by atoms with Crippen LogP contribution in [0.5, 0.6) is 0 Å². The normalized spacial score (nSPS) is 12.4. The van der Waals surface area contributed by atoms with Crippen molar-refractivity contribution in [2.45, 2.75) is 39.7 Å². The SMILES string of the molecule is C=CCNC(=NCCc1ccco1)NC(C)Cc1c(C)nn(C)c1C.I. The van der Waals surface area contributed by atoms with Gasteiger partial charge in [0.15, 0.2) is 5.96 Å². The second-order valence-corrected chi connectivity index (χ2v) is 6.25. The van der Waals surface area contributed by atoms with Gasteiger partial charge in [0.1, 0.15) is 5.76 Å². The first kappa shape index (κ1) is 22.3. The zero-order valence-electron chi connectivity index (χ0n) is 16.1. The second kappa shape index (κ2) is 11.1. The number of halogens is 1. The zero-order chi connectivity index (χ0) is 18.2. The van der Waals surface area contributed by atoms with Crippen molar-refractivity contribution in [2.24, 2.45) is 12.0 Å². The van der Waals surface area contributed by atoms with Crippen LogP contribution in [-0.4, -0.2) is 34.9 Å². The quantitative estimate of drug-likeness (QED) is 0.269. The molecule has 2 heterocycles. The van der Waals surface area contributed by atoms with Crippen molar-refractivity contribution in [3.63, 3.8) is 0 Å². The summed E-state index contributed by atoms with van der Waals surface area (Å²) in [7, 11) is 1.98. The molecule has 0 aliphatic heterocycles. The highest BCUT2D eigenvalue weighted by Crippen LogP contribution is 2.14. The van der Waals surface area contributed by atoms with Gasteiger partial charge in [-0.15, -0.1) is 30.6 Å². The highest BCUT2D eigenvalue weighted by atomic mass is 127. The summed E-state index contributed by atoms with van der Waals surface area (Å²) in [5.74, 6) is 1.74. The van der Waals surface area contributed by atoms with Gasteiger partial charge in [-0.3, -0.25) is 9.67 Å². The average Bonchev–Trinajstić information content (AvgIpc) is 3.17. The zero-order valence-corrected chi connectivity index (χ0v) is 18.4. The number of hydrogen-bond donors (Lipinski definition) is 2. The molecule has 6 nitrogen and oxygen atoms in total. The fourth-order valence-electron chi connectivity index (χ4n) is 2.76. The largest absolute Gasteiger partial charge is 0.469 e. The predicted molar refractivity (Wildman–Crippen MR) is 117 cm³/mol. The Bertz CT molecular complexity index is 706. The summed E-state index contributed by atoms with van der Waals surface area (Å²) < 4.78 is 7.29. The van der Waals surface area contributed by atoms with E-state index >= 15 is 0 Å². The van der Waals surface area contributed by atoms with Crippen molar-refractivity contribution >= 4 is 29.9 Å². The van der Waals surface area contributed by atoms with Crippen molar-refractivity contribution in [2.75, 3.05) is 13.1 Å². The lowest BCUT2D eigenvalue weighted by Crippen LogP contribution is -2.43. The molecule has 0 saturated carbocycles. The van der Waals surface area contributed by atoms with E-state index in [1.807, 2.05) is 29.9 Å². The van der Waals surface area contributed by atoms with Gasteiger partial charge in [0.05, 0.1) is 12.0 Å². The molecule has 26 heavy (non-hydrogen) atoms. The van der Waals surface area contributed by atoms with Crippen LogP contribution in [0.2, 0.25) is 0 Å². The number of nitrogens with zero attached hydrogens (tertiary/aromatic N) is 3. The Labute approximate surface area is 173 Å². The average molecular weight is 471 g/mol. The van der Waals surface area contributed by atoms with E-state index in [0.717, 1.165) is 30.3 Å². The number of guanidine groups is 1. The Morgan fingerprint density at radius 3 is 2.81 bits per heavy atom. The van der Waals surface area contributed by atoms with Crippen LogP contribution in [0.15, 0.2) is 40.5 Å². The van der Waals surface area contributed by atoms with Crippen LogP contribution in [0.3, 0.4) is 0 Å². The molecule has 2 rings (SSSR count). The van der Waals surface area contributed by atoms with Gasteiger partial charge in [0.25, 0.3) is 0 Å². The number of aromatic nitrogens is 2. The lowest BCUT2D eigenvalue weighted by atomic mass is 10.1. The smallest absolute Gasteiger partial charge is 0.191 e. The Morgan fingerprint density at radius 2 is 2.23 bits per heavy atom. The molecule has 0 spiro atoms. The molecule has 0 radical (unpaired) electrons. The van der Waals surface area contributed by atoms with Crippen molar-refractivity contribution < 1.29 is 4.42 Å². The number of aryl methyl sites for hydroxylation is 2. The molecule has 2 aromatic rings. The van der Waals surface area contributed by atoms with Gasteiger partial charge >= 0.3 is 0 Å². The van der Waals surface area contributed by atoms with E-state index < -0.39 is 0 Å². The lowest BCUT2D eigenvalue weighted by Gasteiger charge is -2.18. The molecule has 0 aliphatic carbocycles. The molecule has 2 N–H and O–H groups in total. The first-order chi connectivity index (χ1) is 12.0. The van der Waals surface area contributed by atoms with E-state index in [-0.39, 0.29) is 30.0 Å². The third-order valence-electron chi connectivity index (χ3n) is 4.17. The number of furan rings is 1. The fourth-order valence-corrected chi connectivity index (χ4v) is 2.76. The predicted octanol–water partition coefficient (Wildman–Crippen LogP) is 3.14. The van der Waals surface area contributed by atoms with E-state index in [2.05, 4.69) is 48.1 Å². The van der Waals surface area contributed by atoms with Gasteiger partial charge in [-0.2, -0.15) is 5.10 Å². The molecule has 0 bridgehead atoms.